The van der Waals surface area contributed by atoms with Gasteiger partial charge in [-0.15, -0.1) is 0 Å². The van der Waals surface area contributed by atoms with Crippen LogP contribution in [-0.4, -0.2) is 20.5 Å². The fraction of sp³-hybridized carbons (Fsp3) is 0.118. The molecule has 6 heteroatoms. The maximum absolute atomic E-state index is 11.9. The van der Waals surface area contributed by atoms with Crippen molar-refractivity contribution in [3.63, 3.8) is 0 Å². The van der Waals surface area contributed by atoms with Gasteiger partial charge < -0.3 is 0 Å². The first kappa shape index (κ1) is 15.7. The highest BCUT2D eigenvalue weighted by Gasteiger charge is 2.16. The zero-order valence-electron chi connectivity index (χ0n) is 12.3. The van der Waals surface area contributed by atoms with E-state index in [0.717, 1.165) is 5.56 Å². The highest BCUT2D eigenvalue weighted by atomic mass is 35.5. The third-order valence-corrected chi connectivity index (χ3v) is 3.66. The molecular weight excluding hydrogens is 333 g/mol. The monoisotopic (exact) mass is 344 g/mol. The molecule has 0 spiro atoms. The molecule has 0 bridgehead atoms. The van der Waals surface area contributed by atoms with Crippen molar-refractivity contribution in [3.8, 4) is 5.69 Å². The lowest BCUT2D eigenvalue weighted by molar-refractivity contribution is 0.100. The van der Waals surface area contributed by atoms with Crippen molar-refractivity contribution in [1.82, 2.24) is 14.8 Å². The summed E-state index contributed by atoms with van der Waals surface area (Å²) in [4.78, 5) is 16.2. The third kappa shape index (κ3) is 3.60. The summed E-state index contributed by atoms with van der Waals surface area (Å²) in [6.45, 7) is 1.46. The molecule has 1 radical (unpaired) electrons. The topological polar surface area (TPSA) is 47.8 Å². The molecule has 0 unspecified atom stereocenters. The summed E-state index contributed by atoms with van der Waals surface area (Å²) < 4.78 is 1.51. The molecule has 115 valence electrons. The van der Waals surface area contributed by atoms with E-state index in [2.05, 4.69) is 16.1 Å². The van der Waals surface area contributed by atoms with Crippen LogP contribution in [-0.2, 0) is 6.42 Å². The van der Waals surface area contributed by atoms with Crippen LogP contribution in [0, 0.1) is 6.07 Å². The minimum absolute atomic E-state index is 0.164. The summed E-state index contributed by atoms with van der Waals surface area (Å²) in [6, 6.07) is 15.4. The first-order chi connectivity index (χ1) is 11.0. The molecule has 2 aromatic carbocycles. The fourth-order valence-corrected chi connectivity index (χ4v) is 2.61. The van der Waals surface area contributed by atoms with Crippen LogP contribution in [0.25, 0.3) is 5.69 Å². The van der Waals surface area contributed by atoms with Crippen LogP contribution in [0.3, 0.4) is 0 Å². The number of aromatic nitrogens is 3. The molecule has 0 atom stereocenters. The lowest BCUT2D eigenvalue weighted by Gasteiger charge is -2.03. The predicted octanol–water partition coefficient (Wildman–Crippen LogP) is 4.17. The van der Waals surface area contributed by atoms with Crippen LogP contribution < -0.4 is 0 Å². The first-order valence-corrected chi connectivity index (χ1v) is 7.67. The van der Waals surface area contributed by atoms with Crippen molar-refractivity contribution < 1.29 is 4.79 Å². The van der Waals surface area contributed by atoms with Gasteiger partial charge in [0.05, 0.1) is 5.69 Å². The van der Waals surface area contributed by atoms with E-state index in [4.69, 9.17) is 23.2 Å². The SMILES string of the molecule is CC(=O)c1nc(Cc2cc[c]c(Cl)c2)nn1-c1cccc(Cl)c1. The van der Waals surface area contributed by atoms with Crippen LogP contribution in [0.15, 0.2) is 42.5 Å². The molecule has 1 heterocycles. The normalized spacial score (nSPS) is 10.7. The van der Waals surface area contributed by atoms with E-state index >= 15 is 0 Å². The molecule has 4 nitrogen and oxygen atoms in total. The molecule has 0 aliphatic heterocycles. The van der Waals surface area contributed by atoms with E-state index in [9.17, 15) is 4.79 Å². The van der Waals surface area contributed by atoms with Gasteiger partial charge in [0.2, 0.25) is 0 Å². The maximum atomic E-state index is 11.9. The summed E-state index contributed by atoms with van der Waals surface area (Å²) in [6.07, 6.45) is 0.474. The number of hydrogen-bond donors (Lipinski definition) is 0. The van der Waals surface area contributed by atoms with Gasteiger partial charge in [-0.25, -0.2) is 9.67 Å². The van der Waals surface area contributed by atoms with E-state index in [1.807, 2.05) is 12.1 Å². The second-order valence-corrected chi connectivity index (χ2v) is 5.86. The van der Waals surface area contributed by atoms with Crippen molar-refractivity contribution in [1.29, 1.82) is 0 Å². The average molecular weight is 345 g/mol. The van der Waals surface area contributed by atoms with Crippen LogP contribution in [0.5, 0.6) is 0 Å². The zero-order valence-corrected chi connectivity index (χ0v) is 13.8. The van der Waals surface area contributed by atoms with E-state index in [1.165, 1.54) is 11.6 Å². The van der Waals surface area contributed by atoms with E-state index in [-0.39, 0.29) is 11.6 Å². The lowest BCUT2D eigenvalue weighted by atomic mass is 10.1. The van der Waals surface area contributed by atoms with Gasteiger partial charge in [0.25, 0.3) is 0 Å². The predicted molar refractivity (Wildman–Crippen MR) is 89.5 cm³/mol. The number of carbonyl (C=O) groups excluding carboxylic acids is 1. The van der Waals surface area contributed by atoms with Crippen molar-refractivity contribution >= 4 is 29.0 Å². The smallest absolute Gasteiger partial charge is 0.199 e. The largest absolute Gasteiger partial charge is 0.291 e. The molecule has 3 rings (SSSR count). The van der Waals surface area contributed by atoms with Gasteiger partial charge in [-0.3, -0.25) is 4.79 Å². The van der Waals surface area contributed by atoms with Gasteiger partial charge >= 0.3 is 0 Å². The summed E-state index contributed by atoms with van der Waals surface area (Å²) in [5.74, 6) is 0.649. The summed E-state index contributed by atoms with van der Waals surface area (Å²) in [7, 11) is 0. The van der Waals surface area contributed by atoms with E-state index in [1.54, 1.807) is 30.3 Å². The van der Waals surface area contributed by atoms with Crippen molar-refractivity contribution in [3.05, 3.63) is 75.8 Å². The van der Waals surface area contributed by atoms with E-state index in [0.29, 0.717) is 28.0 Å². The van der Waals surface area contributed by atoms with Gasteiger partial charge in [-0.2, -0.15) is 5.10 Å². The Hall–Kier alpha value is -2.17. The minimum atomic E-state index is -0.164. The summed E-state index contributed by atoms with van der Waals surface area (Å²) in [5.41, 5.74) is 1.65. The molecule has 0 aliphatic carbocycles. The second kappa shape index (κ2) is 6.52. The zero-order chi connectivity index (χ0) is 16.4. The number of ketones is 1. The number of carbonyl (C=O) groups is 1. The molecule has 0 saturated heterocycles. The standard InChI is InChI=1S/C17H12Cl2N3O/c1-11(23)17-20-16(9-12-4-2-5-13(18)8-12)21-22(17)15-7-3-6-14(19)10-15/h2-4,6-8,10H,9H2,1H3. The van der Waals surface area contributed by atoms with Gasteiger partial charge in [0.15, 0.2) is 17.4 Å². The van der Waals surface area contributed by atoms with Crippen molar-refractivity contribution in [2.24, 2.45) is 0 Å². The van der Waals surface area contributed by atoms with Crippen molar-refractivity contribution in [2.45, 2.75) is 13.3 Å². The number of hydrogen-bond acceptors (Lipinski definition) is 3. The number of nitrogens with zero attached hydrogens (tertiary/aromatic N) is 3. The average Bonchev–Trinajstić information content (AvgIpc) is 2.91. The molecule has 0 saturated carbocycles. The Bertz CT molecular complexity index is 874. The molecule has 0 aliphatic rings. The number of halogens is 2. The quantitative estimate of drug-likeness (QED) is 0.667. The molecular formula is C17H12Cl2N3O. The first-order valence-electron chi connectivity index (χ1n) is 6.92. The minimum Gasteiger partial charge on any atom is -0.291 e. The Morgan fingerprint density at radius 3 is 2.78 bits per heavy atom. The number of benzene rings is 2. The Morgan fingerprint density at radius 1 is 1.26 bits per heavy atom. The molecule has 3 aromatic rings. The highest BCUT2D eigenvalue weighted by Crippen LogP contribution is 2.18. The van der Waals surface area contributed by atoms with Gasteiger partial charge in [-0.05, 0) is 29.8 Å². The highest BCUT2D eigenvalue weighted by molar-refractivity contribution is 6.30. The summed E-state index contributed by atoms with van der Waals surface area (Å²) >= 11 is 12.0. The fourth-order valence-electron chi connectivity index (χ4n) is 2.22. The Balaban J connectivity index is 2.00. The van der Waals surface area contributed by atoms with Crippen LogP contribution in [0.1, 0.15) is 28.9 Å². The Morgan fingerprint density at radius 2 is 2.09 bits per heavy atom. The summed E-state index contributed by atoms with van der Waals surface area (Å²) in [5, 5.41) is 5.54. The molecule has 1 aromatic heterocycles. The third-order valence-electron chi connectivity index (χ3n) is 3.21. The number of rotatable bonds is 4. The van der Waals surface area contributed by atoms with Gasteiger partial charge in [0.1, 0.15) is 0 Å². The molecule has 0 fully saturated rings. The molecule has 0 amide bonds. The van der Waals surface area contributed by atoms with Gasteiger partial charge in [-0.1, -0.05) is 41.4 Å². The van der Waals surface area contributed by atoms with E-state index < -0.39 is 0 Å². The number of Topliss-reactive ketones (excluding diaryl/α,β-unsaturated/α-hetero) is 1. The maximum Gasteiger partial charge on any atom is 0.199 e. The van der Waals surface area contributed by atoms with Crippen LogP contribution >= 0.6 is 23.2 Å². The van der Waals surface area contributed by atoms with Crippen LogP contribution in [0.4, 0.5) is 0 Å². The molecule has 23 heavy (non-hydrogen) atoms. The van der Waals surface area contributed by atoms with Gasteiger partial charge in [0, 0.05) is 29.5 Å². The Kier molecular flexibility index (Phi) is 4.46. The lowest BCUT2D eigenvalue weighted by Crippen LogP contribution is -2.07. The Labute approximate surface area is 143 Å². The molecule has 0 N–H and O–H groups in total. The second-order valence-electron chi connectivity index (χ2n) is 5.02. The van der Waals surface area contributed by atoms with Crippen LogP contribution in [0.2, 0.25) is 10.0 Å². The van der Waals surface area contributed by atoms with Crippen molar-refractivity contribution in [2.75, 3.05) is 0 Å².